The lowest BCUT2D eigenvalue weighted by Gasteiger charge is -2.22. The fraction of sp³-hybridized carbons (Fsp3) is 0.333. The Morgan fingerprint density at radius 1 is 1.38 bits per heavy atom. The molecular weight excluding hydrogens is 336 g/mol. The summed E-state index contributed by atoms with van der Waals surface area (Å²) in [5.41, 5.74) is 1.33. The predicted molar refractivity (Wildman–Crippen MR) is 96.6 cm³/mol. The highest BCUT2D eigenvalue weighted by atomic mass is 16.6. The van der Waals surface area contributed by atoms with Crippen molar-refractivity contribution in [2.24, 2.45) is 0 Å². The molecule has 1 aromatic carbocycles. The van der Waals surface area contributed by atoms with E-state index >= 15 is 0 Å². The smallest absolute Gasteiger partial charge is 0.269 e. The van der Waals surface area contributed by atoms with Crippen LogP contribution in [0.4, 0.5) is 11.4 Å². The van der Waals surface area contributed by atoms with Crippen molar-refractivity contribution in [3.05, 3.63) is 58.4 Å². The first-order valence-electron chi connectivity index (χ1n) is 8.48. The second kappa shape index (κ2) is 8.39. The fourth-order valence-corrected chi connectivity index (χ4v) is 2.75. The molecule has 0 saturated carbocycles. The van der Waals surface area contributed by atoms with Gasteiger partial charge in [0.05, 0.1) is 29.5 Å². The zero-order chi connectivity index (χ0) is 18.4. The molecular formula is C18H20N4O4. The van der Waals surface area contributed by atoms with Gasteiger partial charge in [-0.2, -0.15) is 5.10 Å². The number of carbonyl (C=O) groups excluding carboxylic acids is 1. The Kier molecular flexibility index (Phi) is 5.75. The molecule has 0 bridgehead atoms. The molecule has 1 aliphatic rings. The highest BCUT2D eigenvalue weighted by Crippen LogP contribution is 2.16. The molecule has 2 heterocycles. The number of hydrogen-bond donors (Lipinski definition) is 1. The predicted octanol–water partition coefficient (Wildman–Crippen LogP) is 3.01. The van der Waals surface area contributed by atoms with Crippen LogP contribution in [-0.2, 0) is 16.1 Å². The standard InChI is InChI=1S/C18H20N4O4/c23-18(9-6-14-4-7-16(8-5-14)22(24)25)20-15-11-19-21(12-15)13-17-3-1-2-10-26-17/h4-9,11-12,17H,1-3,10,13H2,(H,20,23)/b9-6+. The van der Waals surface area contributed by atoms with E-state index in [9.17, 15) is 14.9 Å². The maximum absolute atomic E-state index is 12.0. The third-order valence-electron chi connectivity index (χ3n) is 4.10. The zero-order valence-electron chi connectivity index (χ0n) is 14.2. The van der Waals surface area contributed by atoms with Crippen LogP contribution in [0.1, 0.15) is 24.8 Å². The van der Waals surface area contributed by atoms with Gasteiger partial charge in [-0.15, -0.1) is 0 Å². The summed E-state index contributed by atoms with van der Waals surface area (Å²) in [4.78, 5) is 22.1. The summed E-state index contributed by atoms with van der Waals surface area (Å²) >= 11 is 0. The Morgan fingerprint density at radius 2 is 2.19 bits per heavy atom. The van der Waals surface area contributed by atoms with Gasteiger partial charge >= 0.3 is 0 Å². The minimum atomic E-state index is -0.462. The number of ether oxygens (including phenoxy) is 1. The summed E-state index contributed by atoms with van der Waals surface area (Å²) in [5, 5.41) is 17.6. The van der Waals surface area contributed by atoms with Gasteiger partial charge in [-0.25, -0.2) is 0 Å². The number of nitrogens with one attached hydrogen (secondary N) is 1. The first-order chi connectivity index (χ1) is 12.6. The molecule has 8 heteroatoms. The first-order valence-corrected chi connectivity index (χ1v) is 8.48. The summed E-state index contributed by atoms with van der Waals surface area (Å²) < 4.78 is 7.45. The molecule has 1 aliphatic heterocycles. The number of carbonyl (C=O) groups is 1. The van der Waals surface area contributed by atoms with E-state index in [0.29, 0.717) is 17.8 Å². The molecule has 1 unspecified atom stereocenters. The van der Waals surface area contributed by atoms with Crippen molar-refractivity contribution in [1.82, 2.24) is 9.78 Å². The summed E-state index contributed by atoms with van der Waals surface area (Å²) in [6.07, 6.45) is 9.83. The maximum atomic E-state index is 12.0. The van der Waals surface area contributed by atoms with Crippen molar-refractivity contribution in [3.8, 4) is 0 Å². The van der Waals surface area contributed by atoms with Crippen molar-refractivity contribution in [2.75, 3.05) is 11.9 Å². The van der Waals surface area contributed by atoms with Gasteiger partial charge in [-0.3, -0.25) is 19.6 Å². The summed E-state index contributed by atoms with van der Waals surface area (Å²) in [7, 11) is 0. The van der Waals surface area contributed by atoms with Gasteiger partial charge in [-0.1, -0.05) is 0 Å². The van der Waals surface area contributed by atoms with E-state index in [1.165, 1.54) is 24.6 Å². The minimum Gasteiger partial charge on any atom is -0.376 e. The van der Waals surface area contributed by atoms with Crippen LogP contribution in [0.2, 0.25) is 0 Å². The van der Waals surface area contributed by atoms with E-state index in [4.69, 9.17) is 4.74 Å². The largest absolute Gasteiger partial charge is 0.376 e. The third kappa shape index (κ3) is 5.00. The number of benzene rings is 1. The van der Waals surface area contributed by atoms with Gasteiger partial charge in [0.1, 0.15) is 0 Å². The molecule has 3 rings (SSSR count). The van der Waals surface area contributed by atoms with E-state index in [-0.39, 0.29) is 17.7 Å². The summed E-state index contributed by atoms with van der Waals surface area (Å²) in [6.45, 7) is 1.47. The van der Waals surface area contributed by atoms with Crippen LogP contribution in [0.3, 0.4) is 0 Å². The highest BCUT2D eigenvalue weighted by Gasteiger charge is 2.15. The van der Waals surface area contributed by atoms with Crippen molar-refractivity contribution < 1.29 is 14.5 Å². The number of amides is 1. The minimum absolute atomic E-state index is 0.0148. The Morgan fingerprint density at radius 3 is 2.88 bits per heavy atom. The van der Waals surface area contributed by atoms with Gasteiger partial charge < -0.3 is 10.1 Å². The topological polar surface area (TPSA) is 99.3 Å². The van der Waals surface area contributed by atoms with Gasteiger partial charge in [0.2, 0.25) is 5.91 Å². The molecule has 0 radical (unpaired) electrons. The van der Waals surface area contributed by atoms with E-state index in [2.05, 4.69) is 10.4 Å². The lowest BCUT2D eigenvalue weighted by Crippen LogP contribution is -2.24. The Hall–Kier alpha value is -3.00. The molecule has 8 nitrogen and oxygen atoms in total. The SMILES string of the molecule is O=C(/C=C/c1ccc([N+](=O)[O-])cc1)Nc1cnn(CC2CCCCO2)c1. The lowest BCUT2D eigenvalue weighted by atomic mass is 10.1. The molecule has 1 amide bonds. The Bertz CT molecular complexity index is 792. The monoisotopic (exact) mass is 356 g/mol. The average Bonchev–Trinajstić information content (AvgIpc) is 3.08. The van der Waals surface area contributed by atoms with Crippen molar-refractivity contribution in [2.45, 2.75) is 31.9 Å². The van der Waals surface area contributed by atoms with Crippen LogP contribution >= 0.6 is 0 Å². The number of nitrogens with zero attached hydrogens (tertiary/aromatic N) is 3. The number of aromatic nitrogens is 2. The number of nitro groups is 1. The lowest BCUT2D eigenvalue weighted by molar-refractivity contribution is -0.384. The van der Waals surface area contributed by atoms with Crippen LogP contribution in [0.15, 0.2) is 42.7 Å². The molecule has 1 fully saturated rings. The molecule has 1 atom stereocenters. The van der Waals surface area contributed by atoms with Crippen LogP contribution in [0.5, 0.6) is 0 Å². The molecule has 1 saturated heterocycles. The van der Waals surface area contributed by atoms with E-state index in [0.717, 1.165) is 19.4 Å². The highest BCUT2D eigenvalue weighted by molar-refractivity contribution is 6.01. The second-order valence-electron chi connectivity index (χ2n) is 6.11. The van der Waals surface area contributed by atoms with Gasteiger partial charge in [0.25, 0.3) is 5.69 Å². The van der Waals surface area contributed by atoms with E-state index in [1.54, 1.807) is 35.3 Å². The first kappa shape index (κ1) is 17.8. The molecule has 0 aliphatic carbocycles. The van der Waals surface area contributed by atoms with E-state index in [1.807, 2.05) is 0 Å². The number of nitro benzene ring substituents is 1. The molecule has 1 aromatic heterocycles. The zero-order valence-corrected chi connectivity index (χ0v) is 14.2. The molecule has 136 valence electrons. The Labute approximate surface area is 150 Å². The normalized spacial score (nSPS) is 17.3. The number of rotatable bonds is 6. The molecule has 0 spiro atoms. The van der Waals surface area contributed by atoms with E-state index < -0.39 is 4.92 Å². The summed E-state index contributed by atoms with van der Waals surface area (Å²) in [6, 6.07) is 5.97. The fourth-order valence-electron chi connectivity index (χ4n) is 2.75. The third-order valence-corrected chi connectivity index (χ3v) is 4.10. The van der Waals surface area contributed by atoms with Crippen LogP contribution in [-0.4, -0.2) is 33.3 Å². The number of anilines is 1. The quantitative estimate of drug-likeness (QED) is 0.487. The Balaban J connectivity index is 1.52. The van der Waals surface area contributed by atoms with Crippen LogP contribution in [0, 0.1) is 10.1 Å². The average molecular weight is 356 g/mol. The van der Waals surface area contributed by atoms with Crippen molar-refractivity contribution in [1.29, 1.82) is 0 Å². The van der Waals surface area contributed by atoms with Crippen molar-refractivity contribution in [3.63, 3.8) is 0 Å². The number of hydrogen-bond acceptors (Lipinski definition) is 5. The molecule has 1 N–H and O–H groups in total. The second-order valence-corrected chi connectivity index (χ2v) is 6.11. The molecule has 2 aromatic rings. The number of non-ortho nitro benzene ring substituents is 1. The van der Waals surface area contributed by atoms with Crippen molar-refractivity contribution >= 4 is 23.4 Å². The van der Waals surface area contributed by atoms with Gasteiger partial charge in [-0.05, 0) is 43.0 Å². The summed E-state index contributed by atoms with van der Waals surface area (Å²) in [5.74, 6) is -0.295. The van der Waals surface area contributed by atoms with Crippen LogP contribution < -0.4 is 5.32 Å². The molecule has 26 heavy (non-hydrogen) atoms. The van der Waals surface area contributed by atoms with Gasteiger partial charge in [0, 0.05) is 31.0 Å². The van der Waals surface area contributed by atoms with Crippen LogP contribution in [0.25, 0.3) is 6.08 Å². The maximum Gasteiger partial charge on any atom is 0.269 e. The van der Waals surface area contributed by atoms with Gasteiger partial charge in [0.15, 0.2) is 0 Å².